The van der Waals surface area contributed by atoms with Crippen molar-refractivity contribution in [1.29, 1.82) is 0 Å². The lowest BCUT2D eigenvalue weighted by atomic mass is 10.1. The maximum atomic E-state index is 14.0. The minimum absolute atomic E-state index is 0.128. The number of fused-ring (bicyclic) bond motifs is 1. The van der Waals surface area contributed by atoms with Gasteiger partial charge < -0.3 is 4.55 Å². The summed E-state index contributed by atoms with van der Waals surface area (Å²) in [6.07, 6.45) is -11.1. The zero-order valence-electron chi connectivity index (χ0n) is 21.9. The molecule has 0 N–H and O–H groups in total. The van der Waals surface area contributed by atoms with Gasteiger partial charge in [-0.2, -0.15) is 69.5 Å². The molecule has 0 aliphatic carbocycles. The molecule has 48 heavy (non-hydrogen) atoms. The van der Waals surface area contributed by atoms with E-state index in [-0.39, 0.29) is 6.07 Å². The van der Waals surface area contributed by atoms with Gasteiger partial charge in [-0.3, -0.25) is 8.37 Å². The van der Waals surface area contributed by atoms with Crippen LogP contribution in [0.15, 0.2) is 45.0 Å². The largest absolute Gasteiger partial charge is 0.744 e. The van der Waals surface area contributed by atoms with Crippen LogP contribution in [-0.2, 0) is 38.7 Å². The summed E-state index contributed by atoms with van der Waals surface area (Å²) in [5.41, 5.74) is 0. The van der Waals surface area contributed by atoms with Crippen molar-refractivity contribution >= 4 is 41.1 Å². The molecule has 2 rings (SSSR count). The predicted octanol–water partition coefficient (Wildman–Crippen LogP) is 5.50. The van der Waals surface area contributed by atoms with Crippen molar-refractivity contribution in [2.24, 2.45) is 0 Å². The predicted molar refractivity (Wildman–Crippen MR) is 120 cm³/mol. The highest BCUT2D eigenvalue weighted by molar-refractivity contribution is 7.91. The second-order valence-corrected chi connectivity index (χ2v) is 13.5. The number of alkyl halides is 16. The van der Waals surface area contributed by atoms with Gasteiger partial charge in [-0.25, -0.2) is 26.0 Å². The SMILES string of the molecule is O=S(=O)([O-])c1cc2ccccc2c(S(=O)(=O)OCC(F)(F)C(F)(F)C(F)(F)C(F)F)c1S(=O)(=O)OCC(F)(F)C(F)(F)C(F)(F)C(F)F. The molecule has 0 aromatic heterocycles. The Kier molecular flexibility index (Phi) is 10.9. The molecule has 2 aromatic carbocycles. The Bertz CT molecular complexity index is 1860. The summed E-state index contributed by atoms with van der Waals surface area (Å²) in [5, 5.41) is -2.34. The Morgan fingerprint density at radius 2 is 0.958 bits per heavy atom. The highest BCUT2D eigenvalue weighted by Gasteiger charge is 2.76. The van der Waals surface area contributed by atoms with E-state index in [1.54, 1.807) is 0 Å². The zero-order valence-corrected chi connectivity index (χ0v) is 24.4. The van der Waals surface area contributed by atoms with Gasteiger partial charge >= 0.3 is 48.4 Å². The fourth-order valence-electron chi connectivity index (χ4n) is 3.31. The van der Waals surface area contributed by atoms with E-state index in [2.05, 4.69) is 8.37 Å². The Morgan fingerprint density at radius 1 is 0.604 bits per heavy atom. The highest BCUT2D eigenvalue weighted by atomic mass is 32.2. The molecule has 2 aromatic rings. The van der Waals surface area contributed by atoms with Gasteiger partial charge in [0.05, 0.1) is 4.90 Å². The van der Waals surface area contributed by atoms with E-state index in [1.165, 1.54) is 0 Å². The molecule has 9 nitrogen and oxygen atoms in total. The van der Waals surface area contributed by atoms with Crippen molar-refractivity contribution in [2.75, 3.05) is 13.2 Å². The van der Waals surface area contributed by atoms with Crippen molar-refractivity contribution in [1.82, 2.24) is 0 Å². The highest BCUT2D eigenvalue weighted by Crippen LogP contribution is 2.50. The minimum atomic E-state index is -7.21. The van der Waals surface area contributed by atoms with E-state index in [0.717, 1.165) is 6.07 Å². The van der Waals surface area contributed by atoms with E-state index in [1.807, 2.05) is 0 Å². The first kappa shape index (κ1) is 41.5. The maximum absolute atomic E-state index is 14.0. The monoisotopic (exact) mass is 795 g/mol. The summed E-state index contributed by atoms with van der Waals surface area (Å²) in [6, 6.07) is 2.29. The summed E-state index contributed by atoms with van der Waals surface area (Å²) in [4.78, 5) is -7.88. The van der Waals surface area contributed by atoms with E-state index >= 15 is 0 Å². The number of hydrogen-bond donors (Lipinski definition) is 0. The Labute approximate surface area is 256 Å². The summed E-state index contributed by atoms with van der Waals surface area (Å²) in [5.74, 6) is -41.6. The quantitative estimate of drug-likeness (QED) is 0.130. The third-order valence-electron chi connectivity index (χ3n) is 5.79. The van der Waals surface area contributed by atoms with Crippen molar-refractivity contribution in [3.8, 4) is 0 Å². The summed E-state index contributed by atoms with van der Waals surface area (Å²) in [7, 11) is -20.4. The van der Waals surface area contributed by atoms with Gasteiger partial charge in [-0.15, -0.1) is 0 Å². The van der Waals surface area contributed by atoms with Crippen molar-refractivity contribution < 1.29 is 108 Å². The molecule has 0 radical (unpaired) electrons. The molecule has 0 fully saturated rings. The topological polar surface area (TPSA) is 144 Å². The molecule has 0 saturated carbocycles. The van der Waals surface area contributed by atoms with Gasteiger partial charge in [0.1, 0.15) is 33.1 Å². The average Bonchev–Trinajstić information content (AvgIpc) is 2.93. The second-order valence-electron chi connectivity index (χ2n) is 9.05. The molecule has 0 atom stereocenters. The van der Waals surface area contributed by atoms with E-state index < -0.39 is 117 Å². The molecular weight excluding hydrogens is 784 g/mol. The lowest BCUT2D eigenvalue weighted by Gasteiger charge is -2.32. The standard InChI is InChI=1S/C20H12F16O9S3/c21-13(22)17(29,30)19(33,34)15(25,26)6-44-47(40,41)11-9-4-2-1-3-8(9)5-10(46(37,38)39)12(11)48(42,43)45-7-16(27,28)20(35,36)18(31,32)14(23)24/h1-5,13-14H,6-7H2,(H,37,38,39)/p-1. The van der Waals surface area contributed by atoms with Gasteiger partial charge in [0, 0.05) is 5.39 Å². The van der Waals surface area contributed by atoms with Crippen LogP contribution >= 0.6 is 0 Å². The number of hydrogen-bond acceptors (Lipinski definition) is 9. The van der Waals surface area contributed by atoms with Gasteiger partial charge in [0.2, 0.25) is 0 Å². The molecular formula is C20H11F16O9S3-. The second kappa shape index (κ2) is 12.6. The summed E-state index contributed by atoms with van der Waals surface area (Å²) >= 11 is 0. The Balaban J connectivity index is 2.87. The van der Waals surface area contributed by atoms with Crippen LogP contribution in [0.4, 0.5) is 70.2 Å². The molecule has 0 spiro atoms. The van der Waals surface area contributed by atoms with Crippen LogP contribution in [0.5, 0.6) is 0 Å². The minimum Gasteiger partial charge on any atom is -0.744 e. The van der Waals surface area contributed by atoms with E-state index in [9.17, 15) is 100 Å². The van der Waals surface area contributed by atoms with Crippen LogP contribution in [0, 0.1) is 0 Å². The lowest BCUT2D eigenvalue weighted by molar-refractivity contribution is -0.342. The molecule has 0 bridgehead atoms. The number of benzene rings is 2. The molecule has 0 heterocycles. The van der Waals surface area contributed by atoms with Crippen LogP contribution in [-0.4, -0.2) is 91.4 Å². The molecule has 276 valence electrons. The van der Waals surface area contributed by atoms with E-state index in [4.69, 9.17) is 0 Å². The Morgan fingerprint density at radius 3 is 1.31 bits per heavy atom. The van der Waals surface area contributed by atoms with Gasteiger partial charge in [0.25, 0.3) is 20.2 Å². The number of halogens is 16. The molecule has 0 aliphatic rings. The van der Waals surface area contributed by atoms with Gasteiger partial charge in [-0.1, -0.05) is 24.3 Å². The van der Waals surface area contributed by atoms with Crippen molar-refractivity contribution in [3.05, 3.63) is 30.3 Å². The molecule has 0 amide bonds. The van der Waals surface area contributed by atoms with Crippen LogP contribution in [0.1, 0.15) is 0 Å². The van der Waals surface area contributed by atoms with Gasteiger partial charge in [0.15, 0.2) is 0 Å². The fourth-order valence-corrected chi connectivity index (χ4v) is 7.47. The maximum Gasteiger partial charge on any atom is 0.380 e. The molecule has 0 saturated heterocycles. The third-order valence-corrected chi connectivity index (χ3v) is 9.61. The number of rotatable bonds is 15. The zero-order chi connectivity index (χ0) is 37.9. The average molecular weight is 795 g/mol. The lowest BCUT2D eigenvalue weighted by Crippen LogP contribution is -2.59. The van der Waals surface area contributed by atoms with Crippen molar-refractivity contribution in [2.45, 2.75) is 63.1 Å². The first-order valence-electron chi connectivity index (χ1n) is 11.3. The molecule has 0 aliphatic heterocycles. The smallest absolute Gasteiger partial charge is 0.380 e. The summed E-state index contributed by atoms with van der Waals surface area (Å²) < 4.78 is 307. The van der Waals surface area contributed by atoms with Crippen LogP contribution in [0.2, 0.25) is 0 Å². The first-order valence-corrected chi connectivity index (χ1v) is 15.5. The Hall–Kier alpha value is -2.69. The molecule has 28 heteroatoms. The van der Waals surface area contributed by atoms with Crippen molar-refractivity contribution in [3.63, 3.8) is 0 Å². The summed E-state index contributed by atoms with van der Waals surface area (Å²) in [6.45, 7) is -7.32. The van der Waals surface area contributed by atoms with Crippen LogP contribution in [0.25, 0.3) is 10.8 Å². The third kappa shape index (κ3) is 7.13. The fraction of sp³-hybridized carbons (Fsp3) is 0.500. The first-order chi connectivity index (χ1) is 21.1. The normalized spacial score (nSPS) is 15.1. The van der Waals surface area contributed by atoms with E-state index in [0.29, 0.717) is 18.2 Å². The van der Waals surface area contributed by atoms with Gasteiger partial charge in [-0.05, 0) is 11.5 Å². The molecule has 0 unspecified atom stereocenters. The van der Waals surface area contributed by atoms with Crippen LogP contribution in [0.3, 0.4) is 0 Å². The van der Waals surface area contributed by atoms with Crippen LogP contribution < -0.4 is 0 Å².